The van der Waals surface area contributed by atoms with E-state index in [1.165, 1.54) is 0 Å². The minimum atomic E-state index is 0.445. The zero-order valence-corrected chi connectivity index (χ0v) is 8.34. The number of hydrogen-bond acceptors (Lipinski definition) is 2. The van der Waals surface area contributed by atoms with Crippen molar-refractivity contribution in [2.75, 3.05) is 0 Å². The Bertz CT molecular complexity index is 408. The van der Waals surface area contributed by atoms with Gasteiger partial charge in [-0.2, -0.15) is 5.10 Å². The molecule has 0 N–H and O–H groups in total. The Morgan fingerprint density at radius 3 is 2.85 bits per heavy atom. The van der Waals surface area contributed by atoms with E-state index in [-0.39, 0.29) is 0 Å². The zero-order chi connectivity index (χ0) is 9.42. The van der Waals surface area contributed by atoms with E-state index in [2.05, 4.69) is 10.1 Å². The molecular formula is C9H10ClN3. The molecule has 0 saturated heterocycles. The molecule has 0 spiro atoms. The first kappa shape index (κ1) is 8.51. The van der Waals surface area contributed by atoms with E-state index in [0.29, 0.717) is 5.88 Å². The second-order valence-electron chi connectivity index (χ2n) is 3.05. The van der Waals surface area contributed by atoms with Gasteiger partial charge in [0.1, 0.15) is 5.82 Å². The molecule has 0 radical (unpaired) electrons. The Morgan fingerprint density at radius 1 is 1.46 bits per heavy atom. The third kappa shape index (κ3) is 1.29. The van der Waals surface area contributed by atoms with E-state index in [0.717, 1.165) is 22.6 Å². The van der Waals surface area contributed by atoms with Gasteiger partial charge in [-0.05, 0) is 25.5 Å². The lowest BCUT2D eigenvalue weighted by Gasteiger charge is -1.99. The number of halogens is 1. The van der Waals surface area contributed by atoms with Crippen molar-refractivity contribution in [2.24, 2.45) is 0 Å². The van der Waals surface area contributed by atoms with Crippen molar-refractivity contribution < 1.29 is 0 Å². The average molecular weight is 196 g/mol. The molecule has 2 aromatic heterocycles. The van der Waals surface area contributed by atoms with Crippen LogP contribution < -0.4 is 0 Å². The Labute approximate surface area is 81.4 Å². The van der Waals surface area contributed by atoms with Gasteiger partial charge in [-0.25, -0.2) is 9.50 Å². The summed E-state index contributed by atoms with van der Waals surface area (Å²) in [5, 5.41) is 4.31. The Morgan fingerprint density at radius 2 is 2.23 bits per heavy atom. The molecule has 13 heavy (non-hydrogen) atoms. The number of fused-ring (bicyclic) bond motifs is 1. The van der Waals surface area contributed by atoms with Crippen LogP contribution >= 0.6 is 11.6 Å². The highest BCUT2D eigenvalue weighted by molar-refractivity contribution is 6.16. The number of nitrogens with zero attached hydrogens (tertiary/aromatic N) is 3. The quantitative estimate of drug-likeness (QED) is 0.653. The summed E-state index contributed by atoms with van der Waals surface area (Å²) in [5.41, 5.74) is 3.10. The third-order valence-electron chi connectivity index (χ3n) is 2.05. The van der Waals surface area contributed by atoms with Crippen LogP contribution in [0.4, 0.5) is 0 Å². The molecule has 0 aliphatic heterocycles. The van der Waals surface area contributed by atoms with Gasteiger partial charge in [-0.15, -0.1) is 11.6 Å². The predicted molar refractivity (Wildman–Crippen MR) is 52.0 cm³/mol. The lowest BCUT2D eigenvalue weighted by atomic mass is 10.3. The van der Waals surface area contributed by atoms with Crippen molar-refractivity contribution >= 4 is 17.1 Å². The van der Waals surface area contributed by atoms with Gasteiger partial charge in [-0.1, -0.05) is 0 Å². The van der Waals surface area contributed by atoms with Crippen molar-refractivity contribution in [1.82, 2.24) is 14.6 Å². The van der Waals surface area contributed by atoms with Crippen LogP contribution in [0.5, 0.6) is 0 Å². The summed E-state index contributed by atoms with van der Waals surface area (Å²) in [6.45, 7) is 3.94. The van der Waals surface area contributed by atoms with Crippen LogP contribution in [0.25, 0.3) is 5.52 Å². The zero-order valence-electron chi connectivity index (χ0n) is 7.58. The highest BCUT2D eigenvalue weighted by atomic mass is 35.5. The lowest BCUT2D eigenvalue weighted by Crippen LogP contribution is -1.98. The molecule has 0 unspecified atom stereocenters. The van der Waals surface area contributed by atoms with Crippen molar-refractivity contribution in [2.45, 2.75) is 19.7 Å². The van der Waals surface area contributed by atoms with E-state index in [1.54, 1.807) is 0 Å². The van der Waals surface area contributed by atoms with Crippen LogP contribution in [0, 0.1) is 13.8 Å². The smallest absolute Gasteiger partial charge is 0.127 e. The standard InChI is InChI=1S/C9H10ClN3/c1-6-5-11-7(2)13-9(6)3-8(4-10)12-13/h3,5H,4H2,1-2H3. The molecule has 2 rings (SSSR count). The summed E-state index contributed by atoms with van der Waals surface area (Å²) in [6, 6.07) is 2.00. The molecule has 0 fully saturated rings. The van der Waals surface area contributed by atoms with Crippen molar-refractivity contribution in [3.63, 3.8) is 0 Å². The van der Waals surface area contributed by atoms with Crippen molar-refractivity contribution in [3.8, 4) is 0 Å². The van der Waals surface area contributed by atoms with Gasteiger partial charge < -0.3 is 0 Å². The van der Waals surface area contributed by atoms with E-state index in [9.17, 15) is 0 Å². The number of rotatable bonds is 1. The first-order valence-corrected chi connectivity index (χ1v) is 4.62. The molecule has 0 aliphatic rings. The summed E-state index contributed by atoms with van der Waals surface area (Å²) in [4.78, 5) is 4.21. The van der Waals surface area contributed by atoms with Crippen LogP contribution in [0.1, 0.15) is 17.1 Å². The van der Waals surface area contributed by atoms with Crippen LogP contribution in [0.3, 0.4) is 0 Å². The molecule has 68 valence electrons. The van der Waals surface area contributed by atoms with Gasteiger partial charge in [0.25, 0.3) is 0 Å². The van der Waals surface area contributed by atoms with Gasteiger partial charge in [0.15, 0.2) is 0 Å². The minimum Gasteiger partial charge on any atom is -0.241 e. The van der Waals surface area contributed by atoms with Gasteiger partial charge in [0.2, 0.25) is 0 Å². The van der Waals surface area contributed by atoms with E-state index < -0.39 is 0 Å². The van der Waals surface area contributed by atoms with Gasteiger partial charge in [-0.3, -0.25) is 0 Å². The number of aromatic nitrogens is 3. The number of aryl methyl sites for hydroxylation is 2. The molecule has 0 saturated carbocycles. The molecule has 2 aromatic rings. The van der Waals surface area contributed by atoms with Gasteiger partial charge in [0, 0.05) is 6.20 Å². The molecule has 0 aliphatic carbocycles. The summed E-state index contributed by atoms with van der Waals surface area (Å²) in [6.07, 6.45) is 1.85. The molecule has 0 bridgehead atoms. The van der Waals surface area contributed by atoms with Crippen molar-refractivity contribution in [1.29, 1.82) is 0 Å². The van der Waals surface area contributed by atoms with Crippen LogP contribution in [-0.4, -0.2) is 14.6 Å². The van der Waals surface area contributed by atoms with Crippen LogP contribution in [-0.2, 0) is 5.88 Å². The molecular weight excluding hydrogens is 186 g/mol. The normalized spacial score (nSPS) is 11.0. The van der Waals surface area contributed by atoms with E-state index in [1.807, 2.05) is 30.6 Å². The molecule has 2 heterocycles. The average Bonchev–Trinajstić information content (AvgIpc) is 2.56. The summed E-state index contributed by atoms with van der Waals surface area (Å²) in [5.74, 6) is 1.33. The summed E-state index contributed by atoms with van der Waals surface area (Å²) in [7, 11) is 0. The Kier molecular flexibility index (Phi) is 1.96. The van der Waals surface area contributed by atoms with E-state index in [4.69, 9.17) is 11.6 Å². The first-order chi connectivity index (χ1) is 6.22. The molecule has 0 atom stereocenters. The predicted octanol–water partition coefficient (Wildman–Crippen LogP) is 2.08. The summed E-state index contributed by atoms with van der Waals surface area (Å²) >= 11 is 5.71. The maximum Gasteiger partial charge on any atom is 0.127 e. The molecule has 3 nitrogen and oxygen atoms in total. The van der Waals surface area contributed by atoms with E-state index >= 15 is 0 Å². The Hall–Kier alpha value is -1.09. The van der Waals surface area contributed by atoms with Gasteiger partial charge >= 0.3 is 0 Å². The number of hydrogen-bond donors (Lipinski definition) is 0. The lowest BCUT2D eigenvalue weighted by molar-refractivity contribution is 0.841. The topological polar surface area (TPSA) is 30.2 Å². The number of alkyl halides is 1. The SMILES string of the molecule is Cc1cnc(C)n2nc(CCl)cc12. The fraction of sp³-hybridized carbons (Fsp3) is 0.333. The third-order valence-corrected chi connectivity index (χ3v) is 2.33. The fourth-order valence-electron chi connectivity index (χ4n) is 1.33. The first-order valence-electron chi connectivity index (χ1n) is 4.09. The monoisotopic (exact) mass is 195 g/mol. The molecule has 4 heteroatoms. The highest BCUT2D eigenvalue weighted by Gasteiger charge is 2.05. The molecule has 0 amide bonds. The maximum atomic E-state index is 5.71. The maximum absolute atomic E-state index is 5.71. The highest BCUT2D eigenvalue weighted by Crippen LogP contribution is 2.13. The second-order valence-corrected chi connectivity index (χ2v) is 3.32. The largest absolute Gasteiger partial charge is 0.241 e. The van der Waals surface area contributed by atoms with Crippen LogP contribution in [0.15, 0.2) is 12.3 Å². The minimum absolute atomic E-state index is 0.445. The fourth-order valence-corrected chi connectivity index (χ4v) is 1.46. The van der Waals surface area contributed by atoms with Gasteiger partial charge in [0.05, 0.1) is 17.1 Å². The molecule has 0 aromatic carbocycles. The van der Waals surface area contributed by atoms with Crippen LogP contribution in [0.2, 0.25) is 0 Å². The Balaban J connectivity index is 2.80. The van der Waals surface area contributed by atoms with Crippen molar-refractivity contribution in [3.05, 3.63) is 29.3 Å². The summed E-state index contributed by atoms with van der Waals surface area (Å²) < 4.78 is 1.83. The second kappa shape index (κ2) is 3.00.